The van der Waals surface area contributed by atoms with Crippen molar-refractivity contribution in [2.24, 2.45) is 0 Å². The largest absolute Gasteiger partial charge is 0.405 e. The van der Waals surface area contributed by atoms with E-state index in [0.29, 0.717) is 26.2 Å². The number of ether oxygens (including phenoxy) is 1. The number of thiazole rings is 1. The Bertz CT molecular complexity index is 1130. The van der Waals surface area contributed by atoms with Crippen LogP contribution in [0, 0.1) is 0 Å². The third-order valence-corrected chi connectivity index (χ3v) is 7.08. The number of alkyl halides is 5. The predicted molar refractivity (Wildman–Crippen MR) is 141 cm³/mol. The van der Waals surface area contributed by atoms with Crippen LogP contribution in [0.2, 0.25) is 0 Å². The number of carbonyl (C=O) groups excluding carboxylic acids is 2. The maximum atomic E-state index is 14.0. The highest BCUT2D eigenvalue weighted by Crippen LogP contribution is 2.39. The molecule has 2 aromatic heterocycles. The van der Waals surface area contributed by atoms with Gasteiger partial charge in [-0.25, -0.2) is 18.7 Å². The number of nitrogens with one attached hydrogen (secondary N) is 2. The first-order valence-electron chi connectivity index (χ1n) is 12.8. The van der Waals surface area contributed by atoms with Crippen molar-refractivity contribution in [3.8, 4) is 10.4 Å². The van der Waals surface area contributed by atoms with Crippen molar-refractivity contribution >= 4 is 29.0 Å². The van der Waals surface area contributed by atoms with Crippen LogP contribution < -0.4 is 10.6 Å². The summed E-state index contributed by atoms with van der Waals surface area (Å²) in [7, 11) is 1.00. The molecule has 2 fully saturated rings. The van der Waals surface area contributed by atoms with Crippen molar-refractivity contribution < 1.29 is 41.4 Å². The number of pyridine rings is 1. The third-order valence-electron chi connectivity index (χ3n) is 5.99. The Hall–Kier alpha value is -2.91. The van der Waals surface area contributed by atoms with Crippen LogP contribution in [-0.2, 0) is 4.74 Å². The van der Waals surface area contributed by atoms with Gasteiger partial charge in [0, 0.05) is 43.6 Å². The first kappa shape index (κ1) is 33.3. The first-order valence-corrected chi connectivity index (χ1v) is 13.6. The molecular weight excluding hydrogens is 561 g/mol. The van der Waals surface area contributed by atoms with Crippen molar-refractivity contribution in [1.29, 1.82) is 0 Å². The molecule has 3 N–H and O–H groups in total. The minimum Gasteiger partial charge on any atom is -0.400 e. The van der Waals surface area contributed by atoms with Gasteiger partial charge in [-0.2, -0.15) is 13.2 Å². The van der Waals surface area contributed by atoms with Gasteiger partial charge in [-0.1, -0.05) is 13.8 Å². The van der Waals surface area contributed by atoms with Crippen LogP contribution in [0.4, 0.5) is 27.8 Å². The van der Waals surface area contributed by atoms with E-state index in [-0.39, 0.29) is 33.2 Å². The fraction of sp³-hybridized carbons (Fsp3) is 0.600. The Morgan fingerprint density at radius 2 is 1.95 bits per heavy atom. The van der Waals surface area contributed by atoms with E-state index in [1.54, 1.807) is 4.90 Å². The van der Waals surface area contributed by atoms with Gasteiger partial charge >= 0.3 is 6.18 Å². The van der Waals surface area contributed by atoms with Crippen LogP contribution in [0.3, 0.4) is 0 Å². The molecule has 0 aromatic carbocycles. The second-order valence-electron chi connectivity index (χ2n) is 8.65. The zero-order valence-electron chi connectivity index (χ0n) is 22.6. The van der Waals surface area contributed by atoms with Gasteiger partial charge in [0.2, 0.25) is 0 Å². The number of halogens is 5. The van der Waals surface area contributed by atoms with Crippen LogP contribution in [-0.4, -0.2) is 83.5 Å². The SMILES string of the molecule is CC.CC1CCCN1C(=O)c1nc(C(=O)NC2CCOC2)sc1-c1cnc(NCC(F)(F)F)cc1C(F)F.CO. The summed E-state index contributed by atoms with van der Waals surface area (Å²) in [6.45, 7) is 5.68. The predicted octanol–water partition coefficient (Wildman–Crippen LogP) is 4.89. The molecule has 0 spiro atoms. The van der Waals surface area contributed by atoms with E-state index in [0.717, 1.165) is 43.6 Å². The van der Waals surface area contributed by atoms with Crippen molar-refractivity contribution in [1.82, 2.24) is 20.2 Å². The number of nitrogens with zero attached hydrogens (tertiary/aromatic N) is 3. The van der Waals surface area contributed by atoms with Gasteiger partial charge in [0.25, 0.3) is 18.2 Å². The monoisotopic (exact) mass is 595 g/mol. The molecule has 2 aliphatic heterocycles. The fourth-order valence-electron chi connectivity index (χ4n) is 4.14. The zero-order valence-corrected chi connectivity index (χ0v) is 23.5. The molecule has 2 aromatic rings. The molecular formula is C25H34F5N5O4S. The van der Waals surface area contributed by atoms with E-state index < -0.39 is 42.3 Å². The van der Waals surface area contributed by atoms with E-state index >= 15 is 0 Å². The summed E-state index contributed by atoms with van der Waals surface area (Å²) in [5.74, 6) is -1.47. The minimum atomic E-state index is -4.57. The molecule has 2 aliphatic rings. The molecule has 0 saturated carbocycles. The van der Waals surface area contributed by atoms with Gasteiger partial charge in [0.1, 0.15) is 18.1 Å². The Labute approximate surface area is 233 Å². The summed E-state index contributed by atoms with van der Waals surface area (Å²) in [5.41, 5.74) is -0.960. The summed E-state index contributed by atoms with van der Waals surface area (Å²) in [5, 5.41) is 11.6. The number of likely N-dealkylation sites (tertiary alicyclic amines) is 1. The van der Waals surface area contributed by atoms with Crippen LogP contribution in [0.25, 0.3) is 10.4 Å². The highest BCUT2D eigenvalue weighted by Gasteiger charge is 2.34. The molecule has 0 bridgehead atoms. The maximum Gasteiger partial charge on any atom is 0.405 e. The molecule has 2 unspecified atom stereocenters. The Morgan fingerprint density at radius 1 is 1.25 bits per heavy atom. The Balaban J connectivity index is 0.00000134. The van der Waals surface area contributed by atoms with E-state index in [9.17, 15) is 31.5 Å². The lowest BCUT2D eigenvalue weighted by Gasteiger charge is -2.21. The topological polar surface area (TPSA) is 117 Å². The number of amides is 2. The minimum absolute atomic E-state index is 0.0112. The lowest BCUT2D eigenvalue weighted by molar-refractivity contribution is -0.115. The molecule has 4 rings (SSSR count). The van der Waals surface area contributed by atoms with E-state index in [1.165, 1.54) is 0 Å². The lowest BCUT2D eigenvalue weighted by Crippen LogP contribution is -2.35. The van der Waals surface area contributed by atoms with Crippen molar-refractivity contribution in [3.63, 3.8) is 0 Å². The normalized spacial score (nSPS) is 18.5. The Kier molecular flexibility index (Phi) is 12.6. The van der Waals surface area contributed by atoms with Gasteiger partial charge in [-0.05, 0) is 32.3 Å². The number of anilines is 1. The maximum absolute atomic E-state index is 14.0. The van der Waals surface area contributed by atoms with Crippen LogP contribution in [0.5, 0.6) is 0 Å². The summed E-state index contributed by atoms with van der Waals surface area (Å²) in [6.07, 6.45) is -4.54. The van der Waals surface area contributed by atoms with Gasteiger partial charge in [-0.3, -0.25) is 9.59 Å². The summed E-state index contributed by atoms with van der Waals surface area (Å²) in [4.78, 5) is 35.9. The number of hydrogen-bond donors (Lipinski definition) is 3. The molecule has 9 nitrogen and oxygen atoms in total. The molecule has 0 aliphatic carbocycles. The molecule has 224 valence electrons. The second-order valence-corrected chi connectivity index (χ2v) is 9.65. The smallest absolute Gasteiger partial charge is 0.400 e. The van der Waals surface area contributed by atoms with Crippen molar-refractivity contribution in [2.75, 3.05) is 38.7 Å². The molecule has 2 atom stereocenters. The van der Waals surface area contributed by atoms with Gasteiger partial charge < -0.3 is 25.4 Å². The molecule has 40 heavy (non-hydrogen) atoms. The van der Waals surface area contributed by atoms with Gasteiger partial charge in [0.15, 0.2) is 5.01 Å². The number of carbonyl (C=O) groups is 2. The number of aliphatic hydroxyl groups excluding tert-OH is 1. The first-order chi connectivity index (χ1) is 19.0. The quantitative estimate of drug-likeness (QED) is 0.390. The third kappa shape index (κ3) is 8.54. The molecule has 4 heterocycles. The van der Waals surface area contributed by atoms with Gasteiger partial charge in [0.05, 0.1) is 17.5 Å². The molecule has 2 amide bonds. The summed E-state index contributed by atoms with van der Waals surface area (Å²) < 4.78 is 70.9. The van der Waals surface area contributed by atoms with E-state index in [4.69, 9.17) is 9.84 Å². The second kappa shape index (κ2) is 15.2. The standard InChI is InChI=1S/C22H24F5N5O3S.C2H6.CH4O/c1-11-3-2-5-32(11)21(34)16-17(36-20(31-16)19(33)30-12-4-6-35-9-12)14-8-28-15(7-13(14)18(23)24)29-10-22(25,26)27;2*1-2/h7-8,11-12,18H,2-6,9-10H2,1H3,(H,28,29)(H,30,33);1-2H3;2H,1H3. The molecule has 0 radical (unpaired) electrons. The molecule has 2 saturated heterocycles. The highest BCUT2D eigenvalue weighted by molar-refractivity contribution is 7.17. The fourth-order valence-corrected chi connectivity index (χ4v) is 5.13. The number of hydrogen-bond acceptors (Lipinski definition) is 8. The van der Waals surface area contributed by atoms with Crippen molar-refractivity contribution in [2.45, 2.75) is 64.7 Å². The highest BCUT2D eigenvalue weighted by atomic mass is 32.1. The van der Waals surface area contributed by atoms with Crippen molar-refractivity contribution in [3.05, 3.63) is 28.5 Å². The summed E-state index contributed by atoms with van der Waals surface area (Å²) >= 11 is 0.762. The molecule has 15 heteroatoms. The van der Waals surface area contributed by atoms with E-state index in [1.807, 2.05) is 26.1 Å². The van der Waals surface area contributed by atoms with E-state index in [2.05, 4.69) is 15.3 Å². The van der Waals surface area contributed by atoms with Gasteiger partial charge in [-0.15, -0.1) is 11.3 Å². The lowest BCUT2D eigenvalue weighted by atomic mass is 10.1. The Morgan fingerprint density at radius 3 is 2.50 bits per heavy atom. The van der Waals surface area contributed by atoms with Crippen LogP contribution in [0.1, 0.15) is 72.3 Å². The van der Waals surface area contributed by atoms with Crippen LogP contribution >= 0.6 is 11.3 Å². The zero-order chi connectivity index (χ0) is 30.0. The van der Waals surface area contributed by atoms with Crippen LogP contribution in [0.15, 0.2) is 12.3 Å². The summed E-state index contributed by atoms with van der Waals surface area (Å²) in [6, 6.07) is 0.481. The number of rotatable bonds is 7. The number of aromatic nitrogens is 2. The average molecular weight is 596 g/mol. The average Bonchev–Trinajstić information content (AvgIpc) is 3.70. The number of aliphatic hydroxyl groups is 1.